The van der Waals surface area contributed by atoms with Gasteiger partial charge in [0.15, 0.2) is 0 Å². The van der Waals surface area contributed by atoms with E-state index >= 15 is 0 Å². The first-order valence-corrected chi connectivity index (χ1v) is 9.78. The lowest BCUT2D eigenvalue weighted by Gasteiger charge is -2.42. The Morgan fingerprint density at radius 1 is 1.32 bits per heavy atom. The molecule has 0 radical (unpaired) electrons. The monoisotopic (exact) mass is 365 g/mol. The minimum Gasteiger partial charge on any atom is -0.480 e. The summed E-state index contributed by atoms with van der Waals surface area (Å²) in [6.07, 6.45) is 4.13. The van der Waals surface area contributed by atoms with Gasteiger partial charge >= 0.3 is 5.97 Å². The Balaban J connectivity index is 1.49. The van der Waals surface area contributed by atoms with Crippen LogP contribution in [0.25, 0.3) is 0 Å². The number of rotatable bonds is 9. The van der Waals surface area contributed by atoms with Crippen LogP contribution in [-0.4, -0.2) is 66.1 Å². The van der Waals surface area contributed by atoms with Gasteiger partial charge in [-0.25, -0.2) is 0 Å². The molecule has 3 rings (SSSR count). The Kier molecular flexibility index (Phi) is 5.76. The summed E-state index contributed by atoms with van der Waals surface area (Å²) < 4.78 is 0. The molecule has 7 heteroatoms. The van der Waals surface area contributed by atoms with Gasteiger partial charge in [-0.05, 0) is 62.7 Å². The zero-order chi connectivity index (χ0) is 18.0. The van der Waals surface area contributed by atoms with Crippen LogP contribution in [0.2, 0.25) is 0 Å². The van der Waals surface area contributed by atoms with Crippen molar-refractivity contribution in [2.75, 3.05) is 27.2 Å². The Labute approximate surface area is 152 Å². The molecule has 0 spiro atoms. The van der Waals surface area contributed by atoms with E-state index in [1.807, 2.05) is 25.5 Å². The van der Waals surface area contributed by atoms with Crippen molar-refractivity contribution in [3.63, 3.8) is 0 Å². The van der Waals surface area contributed by atoms with Gasteiger partial charge in [-0.15, -0.1) is 11.3 Å². The minimum atomic E-state index is -0.764. The number of carboxylic acid groups (broad SMARTS) is 1. The molecule has 6 nitrogen and oxygen atoms in total. The van der Waals surface area contributed by atoms with E-state index in [-0.39, 0.29) is 24.5 Å². The fourth-order valence-corrected chi connectivity index (χ4v) is 4.22. The average molecular weight is 365 g/mol. The second-order valence-electron chi connectivity index (χ2n) is 7.57. The van der Waals surface area contributed by atoms with Gasteiger partial charge in [0.1, 0.15) is 0 Å². The lowest BCUT2D eigenvalue weighted by Crippen LogP contribution is -2.55. The number of thiophene rings is 1. The topological polar surface area (TPSA) is 72.9 Å². The van der Waals surface area contributed by atoms with Crippen LogP contribution in [0.4, 0.5) is 0 Å². The predicted octanol–water partition coefficient (Wildman–Crippen LogP) is 1.87. The third-order valence-corrected chi connectivity index (χ3v) is 5.89. The maximum Gasteiger partial charge on any atom is 0.317 e. The summed E-state index contributed by atoms with van der Waals surface area (Å²) in [7, 11) is 3.99. The summed E-state index contributed by atoms with van der Waals surface area (Å²) in [5.41, 5.74) is 1.06. The van der Waals surface area contributed by atoms with Gasteiger partial charge in [-0.3, -0.25) is 14.5 Å². The first-order chi connectivity index (χ1) is 11.9. The lowest BCUT2D eigenvalue weighted by atomic mass is 9.85. The van der Waals surface area contributed by atoms with Gasteiger partial charge in [0.25, 0.3) is 5.91 Å². The Morgan fingerprint density at radius 3 is 2.64 bits per heavy atom. The molecular weight excluding hydrogens is 338 g/mol. The first kappa shape index (κ1) is 18.4. The van der Waals surface area contributed by atoms with E-state index in [0.29, 0.717) is 5.92 Å². The van der Waals surface area contributed by atoms with Crippen molar-refractivity contribution >= 4 is 23.2 Å². The van der Waals surface area contributed by atoms with Crippen LogP contribution in [0.5, 0.6) is 0 Å². The molecule has 2 saturated carbocycles. The quantitative estimate of drug-likeness (QED) is 0.699. The number of nitrogens with zero attached hydrogens (tertiary/aromatic N) is 2. The lowest BCUT2D eigenvalue weighted by molar-refractivity contribution is -0.139. The van der Waals surface area contributed by atoms with Crippen molar-refractivity contribution in [3.05, 3.63) is 21.9 Å². The molecule has 0 aliphatic heterocycles. The van der Waals surface area contributed by atoms with Crippen LogP contribution in [0.1, 0.15) is 40.9 Å². The van der Waals surface area contributed by atoms with Crippen LogP contribution < -0.4 is 5.32 Å². The highest BCUT2D eigenvalue weighted by molar-refractivity contribution is 7.12. The molecule has 2 fully saturated rings. The van der Waals surface area contributed by atoms with Crippen LogP contribution in [-0.2, 0) is 11.3 Å². The summed E-state index contributed by atoms with van der Waals surface area (Å²) in [5.74, 6) is -0.0879. The first-order valence-electron chi connectivity index (χ1n) is 8.90. The molecule has 0 unspecified atom stereocenters. The van der Waals surface area contributed by atoms with Crippen molar-refractivity contribution in [1.29, 1.82) is 0 Å². The fourth-order valence-electron chi connectivity index (χ4n) is 3.40. The number of carboxylic acids is 1. The highest BCUT2D eigenvalue weighted by Crippen LogP contribution is 2.34. The predicted molar refractivity (Wildman–Crippen MR) is 97.9 cm³/mol. The van der Waals surface area contributed by atoms with Crippen molar-refractivity contribution in [2.45, 2.75) is 44.3 Å². The molecule has 0 atom stereocenters. The largest absolute Gasteiger partial charge is 0.480 e. The van der Waals surface area contributed by atoms with Crippen molar-refractivity contribution in [2.24, 2.45) is 5.92 Å². The van der Waals surface area contributed by atoms with Crippen molar-refractivity contribution in [1.82, 2.24) is 15.1 Å². The molecular formula is C18H27N3O3S. The van der Waals surface area contributed by atoms with Gasteiger partial charge in [0.2, 0.25) is 0 Å². The number of nitrogens with one attached hydrogen (secondary N) is 1. The van der Waals surface area contributed by atoms with Gasteiger partial charge in [0, 0.05) is 25.2 Å². The molecule has 0 saturated heterocycles. The summed E-state index contributed by atoms with van der Waals surface area (Å²) in [4.78, 5) is 28.5. The van der Waals surface area contributed by atoms with Gasteiger partial charge in [-0.1, -0.05) is 0 Å². The second kappa shape index (κ2) is 7.85. The van der Waals surface area contributed by atoms with Crippen LogP contribution >= 0.6 is 11.3 Å². The molecule has 1 aromatic rings. The number of amides is 1. The zero-order valence-corrected chi connectivity index (χ0v) is 15.7. The number of carbonyl (C=O) groups is 2. The standard InChI is InChI=1S/C18H27N3O3S/c1-20(2)10-13-5-6-25-17(13)18(24)19-14-7-15(8-14)21(11-16(22)23)9-12-3-4-12/h5-6,12,14-15H,3-4,7-11H2,1-2H3,(H,19,24)(H,22,23). The van der Waals surface area contributed by atoms with E-state index in [0.717, 1.165) is 36.4 Å². The van der Waals surface area contributed by atoms with E-state index in [2.05, 4.69) is 15.1 Å². The summed E-state index contributed by atoms with van der Waals surface area (Å²) in [5, 5.41) is 14.2. The van der Waals surface area contributed by atoms with Crippen molar-refractivity contribution in [3.8, 4) is 0 Å². The molecule has 0 bridgehead atoms. The van der Waals surface area contributed by atoms with E-state index in [1.165, 1.54) is 24.2 Å². The smallest absolute Gasteiger partial charge is 0.317 e. The summed E-state index contributed by atoms with van der Waals surface area (Å²) >= 11 is 1.48. The number of aliphatic carboxylic acids is 1. The van der Waals surface area contributed by atoms with Crippen LogP contribution in [0, 0.1) is 5.92 Å². The molecule has 1 aromatic heterocycles. The van der Waals surface area contributed by atoms with E-state index in [9.17, 15) is 9.59 Å². The highest BCUT2D eigenvalue weighted by Gasteiger charge is 2.38. The third kappa shape index (κ3) is 5.03. The number of hydrogen-bond donors (Lipinski definition) is 2. The maximum atomic E-state index is 12.5. The SMILES string of the molecule is CN(C)Cc1ccsc1C(=O)NC1CC(N(CC(=O)O)CC2CC2)C1. The number of carbonyl (C=O) groups excluding carboxylic acids is 1. The second-order valence-corrected chi connectivity index (χ2v) is 8.49. The summed E-state index contributed by atoms with van der Waals surface area (Å²) in [6.45, 7) is 1.75. The maximum absolute atomic E-state index is 12.5. The van der Waals surface area contributed by atoms with Gasteiger partial charge < -0.3 is 15.3 Å². The highest BCUT2D eigenvalue weighted by atomic mass is 32.1. The zero-order valence-electron chi connectivity index (χ0n) is 14.9. The molecule has 0 aromatic carbocycles. The van der Waals surface area contributed by atoms with Crippen LogP contribution in [0.3, 0.4) is 0 Å². The van der Waals surface area contributed by atoms with Gasteiger partial charge in [0.05, 0.1) is 11.4 Å². The molecule has 2 N–H and O–H groups in total. The molecule has 138 valence electrons. The summed E-state index contributed by atoms with van der Waals surface area (Å²) in [6, 6.07) is 2.45. The van der Waals surface area contributed by atoms with Gasteiger partial charge in [-0.2, -0.15) is 0 Å². The van der Waals surface area contributed by atoms with E-state index < -0.39 is 5.97 Å². The molecule has 2 aliphatic carbocycles. The normalized spacial score (nSPS) is 22.9. The third-order valence-electron chi connectivity index (χ3n) is 4.93. The molecule has 1 heterocycles. The molecule has 25 heavy (non-hydrogen) atoms. The molecule has 1 amide bonds. The minimum absolute atomic E-state index is 0.00211. The Morgan fingerprint density at radius 2 is 2.04 bits per heavy atom. The molecule has 2 aliphatic rings. The fraction of sp³-hybridized carbons (Fsp3) is 0.667. The van der Waals surface area contributed by atoms with E-state index in [1.54, 1.807) is 0 Å². The number of hydrogen-bond acceptors (Lipinski definition) is 5. The van der Waals surface area contributed by atoms with Crippen molar-refractivity contribution < 1.29 is 14.7 Å². The van der Waals surface area contributed by atoms with E-state index in [4.69, 9.17) is 5.11 Å². The Bertz CT molecular complexity index is 621. The Hall–Kier alpha value is -1.44. The average Bonchev–Trinajstić information content (AvgIpc) is 3.17. The van der Waals surface area contributed by atoms with Crippen LogP contribution in [0.15, 0.2) is 11.4 Å².